The molecule has 1 aliphatic rings. The number of sulfonamides is 1. The van der Waals surface area contributed by atoms with Gasteiger partial charge in [0.15, 0.2) is 0 Å². The number of halogens is 1. The monoisotopic (exact) mass is 448 g/mol. The zero-order valence-corrected chi connectivity index (χ0v) is 18.7. The summed E-state index contributed by atoms with van der Waals surface area (Å²) < 4.78 is 45.3. The predicted molar refractivity (Wildman–Crippen MR) is 117 cm³/mol. The molecular weight excluding hydrogens is 419 g/mol. The molecule has 1 aliphatic heterocycles. The maximum atomic E-state index is 13.0. The molecule has 2 aromatic carbocycles. The van der Waals surface area contributed by atoms with Gasteiger partial charge in [-0.25, -0.2) is 17.1 Å². The molecule has 1 saturated heterocycles. The van der Waals surface area contributed by atoms with Crippen molar-refractivity contribution in [2.24, 2.45) is 5.92 Å². The van der Waals surface area contributed by atoms with Crippen LogP contribution in [0.15, 0.2) is 48.5 Å². The first-order valence-corrected chi connectivity index (χ1v) is 12.1. The molecule has 1 amide bonds. The first-order valence-electron chi connectivity index (χ1n) is 10.5. The van der Waals surface area contributed by atoms with Crippen molar-refractivity contribution in [1.82, 2.24) is 9.62 Å². The highest BCUT2D eigenvalue weighted by Crippen LogP contribution is 2.22. The minimum absolute atomic E-state index is 0.0573. The quantitative estimate of drug-likeness (QED) is 0.671. The summed E-state index contributed by atoms with van der Waals surface area (Å²) in [5, 5.41) is 2.94. The van der Waals surface area contributed by atoms with Gasteiger partial charge in [0.25, 0.3) is 0 Å². The molecule has 8 heteroatoms. The number of nitrogens with zero attached hydrogens (tertiary/aromatic N) is 1. The molecule has 0 aliphatic carbocycles. The second-order valence-electron chi connectivity index (χ2n) is 8.08. The largest absolute Gasteiger partial charge is 0.491 e. The van der Waals surface area contributed by atoms with E-state index in [0.717, 1.165) is 11.3 Å². The fourth-order valence-corrected chi connectivity index (χ4v) is 5.13. The molecule has 6 nitrogen and oxygen atoms in total. The van der Waals surface area contributed by atoms with Crippen LogP contribution in [0.1, 0.15) is 37.8 Å². The van der Waals surface area contributed by atoms with E-state index in [2.05, 4.69) is 5.32 Å². The number of carbonyl (C=O) groups is 1. The maximum absolute atomic E-state index is 13.0. The standard InChI is InChI=1S/C23H29FN2O4S/c1-17(2)30-22-9-5-18(6-10-22)15-25-23(27)20-11-13-26(14-12-20)31(28,29)16-19-3-7-21(24)8-4-19/h3-10,17,20H,11-16H2,1-2H3,(H,25,27). The van der Waals surface area contributed by atoms with Crippen LogP contribution in [-0.2, 0) is 27.1 Å². The van der Waals surface area contributed by atoms with Crippen LogP contribution in [0, 0.1) is 11.7 Å². The lowest BCUT2D eigenvalue weighted by Gasteiger charge is -2.30. The van der Waals surface area contributed by atoms with Crippen molar-refractivity contribution < 1.29 is 22.3 Å². The first kappa shape index (κ1) is 23.2. The Morgan fingerprint density at radius 3 is 2.23 bits per heavy atom. The molecule has 0 spiro atoms. The van der Waals surface area contributed by atoms with Gasteiger partial charge < -0.3 is 10.1 Å². The van der Waals surface area contributed by atoms with Gasteiger partial charge in [-0.3, -0.25) is 4.79 Å². The molecule has 0 radical (unpaired) electrons. The second kappa shape index (κ2) is 10.2. The zero-order chi connectivity index (χ0) is 22.4. The highest BCUT2D eigenvalue weighted by atomic mass is 32.2. The summed E-state index contributed by atoms with van der Waals surface area (Å²) in [7, 11) is -3.50. The highest BCUT2D eigenvalue weighted by molar-refractivity contribution is 7.88. The van der Waals surface area contributed by atoms with E-state index < -0.39 is 15.8 Å². The lowest BCUT2D eigenvalue weighted by atomic mass is 9.97. The number of rotatable bonds is 8. The number of hydrogen-bond acceptors (Lipinski definition) is 4. The van der Waals surface area contributed by atoms with E-state index in [4.69, 9.17) is 4.74 Å². The van der Waals surface area contributed by atoms with Crippen molar-refractivity contribution in [1.29, 1.82) is 0 Å². The van der Waals surface area contributed by atoms with E-state index in [1.165, 1.54) is 28.6 Å². The highest BCUT2D eigenvalue weighted by Gasteiger charge is 2.31. The van der Waals surface area contributed by atoms with Gasteiger partial charge in [-0.2, -0.15) is 0 Å². The molecule has 1 fully saturated rings. The molecule has 0 saturated carbocycles. The number of carbonyl (C=O) groups excluding carboxylic acids is 1. The minimum atomic E-state index is -3.50. The number of amides is 1. The van der Waals surface area contributed by atoms with Crippen LogP contribution in [-0.4, -0.2) is 37.8 Å². The normalized spacial score (nSPS) is 15.7. The Labute approximate surface area is 183 Å². The van der Waals surface area contributed by atoms with Crippen LogP contribution in [0.2, 0.25) is 0 Å². The lowest BCUT2D eigenvalue weighted by molar-refractivity contribution is -0.126. The molecular formula is C23H29FN2O4S. The predicted octanol–water partition coefficient (Wildman–Crippen LogP) is 3.47. The minimum Gasteiger partial charge on any atom is -0.491 e. The Morgan fingerprint density at radius 1 is 1.06 bits per heavy atom. The summed E-state index contributed by atoms with van der Waals surface area (Å²) in [5.74, 6) is -0.0354. The van der Waals surface area contributed by atoms with Gasteiger partial charge in [-0.1, -0.05) is 24.3 Å². The Morgan fingerprint density at radius 2 is 1.65 bits per heavy atom. The third-order valence-corrected chi connectivity index (χ3v) is 7.09. The fourth-order valence-electron chi connectivity index (χ4n) is 3.57. The summed E-state index contributed by atoms with van der Waals surface area (Å²) in [6.45, 7) is 4.97. The molecule has 0 aromatic heterocycles. The van der Waals surface area contributed by atoms with Crippen molar-refractivity contribution in [2.75, 3.05) is 13.1 Å². The Kier molecular flexibility index (Phi) is 7.67. The van der Waals surface area contributed by atoms with E-state index in [9.17, 15) is 17.6 Å². The first-order chi connectivity index (χ1) is 14.7. The Hall–Kier alpha value is -2.45. The number of hydrogen-bond donors (Lipinski definition) is 1. The van der Waals surface area contributed by atoms with Gasteiger partial charge in [-0.15, -0.1) is 0 Å². The average molecular weight is 449 g/mol. The van der Waals surface area contributed by atoms with Crippen LogP contribution in [0.5, 0.6) is 5.75 Å². The third-order valence-electron chi connectivity index (χ3n) is 5.24. The molecule has 1 heterocycles. The second-order valence-corrected chi connectivity index (χ2v) is 10.1. The third kappa shape index (κ3) is 6.77. The number of ether oxygens (including phenoxy) is 1. The summed E-state index contributed by atoms with van der Waals surface area (Å²) in [6.07, 6.45) is 1.07. The van der Waals surface area contributed by atoms with Crippen molar-refractivity contribution in [3.05, 3.63) is 65.5 Å². The van der Waals surface area contributed by atoms with Gasteiger partial charge in [0.1, 0.15) is 11.6 Å². The smallest absolute Gasteiger partial charge is 0.223 e. The zero-order valence-electron chi connectivity index (χ0n) is 17.9. The van der Waals surface area contributed by atoms with Crippen molar-refractivity contribution in [3.8, 4) is 5.75 Å². The summed E-state index contributed by atoms with van der Waals surface area (Å²) in [4.78, 5) is 12.5. The van der Waals surface area contributed by atoms with Crippen LogP contribution in [0.3, 0.4) is 0 Å². The molecule has 31 heavy (non-hydrogen) atoms. The summed E-state index contributed by atoms with van der Waals surface area (Å²) >= 11 is 0. The van der Waals surface area contributed by atoms with E-state index in [1.54, 1.807) is 0 Å². The van der Waals surface area contributed by atoms with E-state index in [1.807, 2.05) is 38.1 Å². The van der Waals surface area contributed by atoms with Crippen LogP contribution in [0.4, 0.5) is 4.39 Å². The molecule has 168 valence electrons. The maximum Gasteiger partial charge on any atom is 0.223 e. The number of piperidine rings is 1. The van der Waals surface area contributed by atoms with Gasteiger partial charge in [0.2, 0.25) is 15.9 Å². The van der Waals surface area contributed by atoms with E-state index >= 15 is 0 Å². The topological polar surface area (TPSA) is 75.7 Å². The van der Waals surface area contributed by atoms with E-state index in [-0.39, 0.29) is 23.7 Å². The van der Waals surface area contributed by atoms with Crippen molar-refractivity contribution in [2.45, 2.75) is 45.1 Å². The summed E-state index contributed by atoms with van der Waals surface area (Å²) in [5.41, 5.74) is 1.52. The fraction of sp³-hybridized carbons (Fsp3) is 0.435. The molecule has 0 bridgehead atoms. The SMILES string of the molecule is CC(C)Oc1ccc(CNC(=O)C2CCN(S(=O)(=O)Cc3ccc(F)cc3)CC2)cc1. The molecule has 3 rings (SSSR count). The van der Waals surface area contributed by atoms with Crippen LogP contribution in [0.25, 0.3) is 0 Å². The Bertz CT molecular complexity index is 968. The molecule has 1 N–H and O–H groups in total. The van der Waals surface area contributed by atoms with Crippen LogP contribution < -0.4 is 10.1 Å². The van der Waals surface area contributed by atoms with Gasteiger partial charge >= 0.3 is 0 Å². The molecule has 0 atom stereocenters. The number of benzene rings is 2. The van der Waals surface area contributed by atoms with E-state index in [0.29, 0.717) is 38.0 Å². The van der Waals surface area contributed by atoms with Gasteiger partial charge in [-0.05, 0) is 62.1 Å². The summed E-state index contributed by atoms with van der Waals surface area (Å²) in [6, 6.07) is 13.1. The molecule has 0 unspecified atom stereocenters. The van der Waals surface area contributed by atoms with Gasteiger partial charge in [0, 0.05) is 25.6 Å². The lowest BCUT2D eigenvalue weighted by Crippen LogP contribution is -2.43. The van der Waals surface area contributed by atoms with Crippen molar-refractivity contribution in [3.63, 3.8) is 0 Å². The molecule has 2 aromatic rings. The average Bonchev–Trinajstić information content (AvgIpc) is 2.74. The van der Waals surface area contributed by atoms with Crippen LogP contribution >= 0.6 is 0 Å². The van der Waals surface area contributed by atoms with Gasteiger partial charge in [0.05, 0.1) is 11.9 Å². The Balaban J connectivity index is 1.46. The number of nitrogens with one attached hydrogen (secondary N) is 1. The van der Waals surface area contributed by atoms with Crippen molar-refractivity contribution >= 4 is 15.9 Å².